The first-order valence-corrected chi connectivity index (χ1v) is 6.76. The standard InChI is InChI=1S/C9H12F3N3O4S/c1-5(8(16)17)3-13-20(18,19)6-4-15(2)14-7(6)9(10,11)12/h4-5,13H,3H2,1-2H3,(H,16,17). The molecule has 1 atom stereocenters. The monoisotopic (exact) mass is 315 g/mol. The summed E-state index contributed by atoms with van der Waals surface area (Å²) in [4.78, 5) is 9.51. The van der Waals surface area contributed by atoms with Gasteiger partial charge in [-0.05, 0) is 0 Å². The minimum atomic E-state index is -4.93. The zero-order valence-corrected chi connectivity index (χ0v) is 11.3. The van der Waals surface area contributed by atoms with E-state index in [0.29, 0.717) is 6.20 Å². The maximum absolute atomic E-state index is 12.7. The number of hydrogen-bond donors (Lipinski definition) is 2. The molecule has 2 N–H and O–H groups in total. The van der Waals surface area contributed by atoms with Crippen molar-refractivity contribution in [3.8, 4) is 0 Å². The van der Waals surface area contributed by atoms with Crippen LogP contribution in [0.1, 0.15) is 12.6 Å². The first-order chi connectivity index (χ1) is 8.95. The summed E-state index contributed by atoms with van der Waals surface area (Å²) < 4.78 is 64.1. The third-order valence-corrected chi connectivity index (χ3v) is 3.78. The molecular formula is C9H12F3N3O4S. The van der Waals surface area contributed by atoms with Gasteiger partial charge in [0.1, 0.15) is 4.90 Å². The minimum absolute atomic E-state index is 0.524. The van der Waals surface area contributed by atoms with Gasteiger partial charge in [-0.1, -0.05) is 6.92 Å². The van der Waals surface area contributed by atoms with E-state index < -0.39 is 45.2 Å². The number of nitrogens with one attached hydrogen (secondary N) is 1. The fourth-order valence-corrected chi connectivity index (χ4v) is 2.59. The van der Waals surface area contributed by atoms with E-state index in [1.807, 2.05) is 4.72 Å². The maximum Gasteiger partial charge on any atom is 0.436 e. The molecule has 0 saturated heterocycles. The highest BCUT2D eigenvalue weighted by Gasteiger charge is 2.41. The van der Waals surface area contributed by atoms with Crippen molar-refractivity contribution in [2.24, 2.45) is 13.0 Å². The van der Waals surface area contributed by atoms with Crippen LogP contribution >= 0.6 is 0 Å². The van der Waals surface area contributed by atoms with Crippen molar-refractivity contribution in [1.29, 1.82) is 0 Å². The van der Waals surface area contributed by atoms with Crippen molar-refractivity contribution in [3.63, 3.8) is 0 Å². The van der Waals surface area contributed by atoms with Crippen molar-refractivity contribution in [2.45, 2.75) is 18.0 Å². The van der Waals surface area contributed by atoms with E-state index in [-0.39, 0.29) is 0 Å². The molecule has 1 unspecified atom stereocenters. The number of rotatable bonds is 5. The number of carbonyl (C=O) groups is 1. The zero-order valence-electron chi connectivity index (χ0n) is 10.5. The Morgan fingerprint density at radius 3 is 2.55 bits per heavy atom. The Labute approximate surface area is 112 Å². The summed E-state index contributed by atoms with van der Waals surface area (Å²) in [5.41, 5.74) is -1.55. The molecule has 0 aliphatic heterocycles. The van der Waals surface area contributed by atoms with E-state index in [1.165, 1.54) is 6.92 Å². The number of sulfonamides is 1. The molecular weight excluding hydrogens is 303 g/mol. The summed E-state index contributed by atoms with van der Waals surface area (Å²) in [6.07, 6.45) is -4.22. The normalized spacial score (nSPS) is 14.2. The summed E-state index contributed by atoms with van der Waals surface area (Å²) in [5, 5.41) is 11.7. The molecule has 0 fully saturated rings. The van der Waals surface area contributed by atoms with Crippen LogP contribution in [-0.2, 0) is 28.0 Å². The average Bonchev–Trinajstić information content (AvgIpc) is 2.68. The predicted molar refractivity (Wildman–Crippen MR) is 60.2 cm³/mol. The van der Waals surface area contributed by atoms with Gasteiger partial charge in [0, 0.05) is 19.8 Å². The summed E-state index contributed by atoms with van der Waals surface area (Å²) in [5.74, 6) is -2.34. The molecule has 0 aromatic carbocycles. The quantitative estimate of drug-likeness (QED) is 0.821. The molecule has 0 amide bonds. The highest BCUT2D eigenvalue weighted by molar-refractivity contribution is 7.89. The first kappa shape index (κ1) is 16.4. The Balaban J connectivity index is 3.08. The molecule has 7 nitrogen and oxygen atoms in total. The molecule has 0 spiro atoms. The zero-order chi connectivity index (χ0) is 15.7. The number of aromatic nitrogens is 2. The van der Waals surface area contributed by atoms with Gasteiger partial charge in [0.25, 0.3) is 0 Å². The van der Waals surface area contributed by atoms with Crippen LogP contribution in [0.3, 0.4) is 0 Å². The summed E-state index contributed by atoms with van der Waals surface area (Å²) >= 11 is 0. The Kier molecular flexibility index (Phi) is 4.44. The molecule has 0 saturated carbocycles. The van der Waals surface area contributed by atoms with Gasteiger partial charge in [0.05, 0.1) is 5.92 Å². The summed E-state index contributed by atoms with van der Waals surface area (Å²) in [6.45, 7) is 0.697. The van der Waals surface area contributed by atoms with E-state index in [1.54, 1.807) is 0 Å². The van der Waals surface area contributed by atoms with Crippen LogP contribution < -0.4 is 4.72 Å². The van der Waals surface area contributed by atoms with E-state index in [0.717, 1.165) is 11.7 Å². The number of aryl methyl sites for hydroxylation is 1. The van der Waals surface area contributed by atoms with Crippen molar-refractivity contribution in [3.05, 3.63) is 11.9 Å². The molecule has 1 heterocycles. The van der Waals surface area contributed by atoms with Gasteiger partial charge in [0.2, 0.25) is 10.0 Å². The second-order valence-corrected chi connectivity index (χ2v) is 5.84. The summed E-state index contributed by atoms with van der Waals surface area (Å²) in [6, 6.07) is 0. The van der Waals surface area contributed by atoms with E-state index >= 15 is 0 Å². The molecule has 0 radical (unpaired) electrons. The molecule has 20 heavy (non-hydrogen) atoms. The molecule has 1 aromatic heterocycles. The lowest BCUT2D eigenvalue weighted by atomic mass is 10.2. The van der Waals surface area contributed by atoms with Gasteiger partial charge in [-0.2, -0.15) is 18.3 Å². The average molecular weight is 315 g/mol. The SMILES string of the molecule is CC(CNS(=O)(=O)c1cn(C)nc1C(F)(F)F)C(=O)O. The summed E-state index contributed by atoms with van der Waals surface area (Å²) in [7, 11) is -3.35. The number of carboxylic acids is 1. The Hall–Kier alpha value is -1.62. The largest absolute Gasteiger partial charge is 0.481 e. The predicted octanol–water partition coefficient (Wildman–Crippen LogP) is 0.438. The third kappa shape index (κ3) is 3.70. The second kappa shape index (κ2) is 5.40. The highest BCUT2D eigenvalue weighted by atomic mass is 32.2. The number of aliphatic carboxylic acids is 1. The maximum atomic E-state index is 12.7. The number of carboxylic acid groups (broad SMARTS) is 1. The minimum Gasteiger partial charge on any atom is -0.481 e. The van der Waals surface area contributed by atoms with Crippen LogP contribution in [0.15, 0.2) is 11.1 Å². The number of alkyl halides is 3. The van der Waals surface area contributed by atoms with Crippen LogP contribution in [0, 0.1) is 5.92 Å². The molecule has 114 valence electrons. The van der Waals surface area contributed by atoms with Crippen LogP contribution in [-0.4, -0.2) is 35.8 Å². The Bertz CT molecular complexity index is 608. The van der Waals surface area contributed by atoms with Gasteiger partial charge in [-0.15, -0.1) is 0 Å². The molecule has 0 bridgehead atoms. The van der Waals surface area contributed by atoms with Crippen LogP contribution in [0.4, 0.5) is 13.2 Å². The van der Waals surface area contributed by atoms with Gasteiger partial charge in [-0.25, -0.2) is 13.1 Å². The van der Waals surface area contributed by atoms with Crippen molar-refractivity contribution in [2.75, 3.05) is 6.54 Å². The van der Waals surface area contributed by atoms with Crippen molar-refractivity contribution < 1.29 is 31.5 Å². The van der Waals surface area contributed by atoms with Crippen LogP contribution in [0.5, 0.6) is 0 Å². The van der Waals surface area contributed by atoms with Crippen LogP contribution in [0.25, 0.3) is 0 Å². The van der Waals surface area contributed by atoms with Crippen molar-refractivity contribution in [1.82, 2.24) is 14.5 Å². The van der Waals surface area contributed by atoms with Crippen molar-refractivity contribution >= 4 is 16.0 Å². The first-order valence-electron chi connectivity index (χ1n) is 5.28. The topological polar surface area (TPSA) is 101 Å². The van der Waals surface area contributed by atoms with E-state index in [4.69, 9.17) is 5.11 Å². The number of nitrogens with zero attached hydrogens (tertiary/aromatic N) is 2. The molecule has 11 heteroatoms. The highest BCUT2D eigenvalue weighted by Crippen LogP contribution is 2.32. The molecule has 0 aliphatic carbocycles. The number of halogens is 3. The van der Waals surface area contributed by atoms with Gasteiger partial charge >= 0.3 is 12.1 Å². The molecule has 1 rings (SSSR count). The van der Waals surface area contributed by atoms with Crippen LogP contribution in [0.2, 0.25) is 0 Å². The fraction of sp³-hybridized carbons (Fsp3) is 0.556. The van der Waals surface area contributed by atoms with Gasteiger partial charge < -0.3 is 5.11 Å². The lowest BCUT2D eigenvalue weighted by Gasteiger charge is -2.10. The van der Waals surface area contributed by atoms with Gasteiger partial charge in [0.15, 0.2) is 5.69 Å². The van der Waals surface area contributed by atoms with E-state index in [9.17, 15) is 26.4 Å². The Morgan fingerprint density at radius 1 is 1.55 bits per heavy atom. The van der Waals surface area contributed by atoms with Gasteiger partial charge in [-0.3, -0.25) is 9.48 Å². The lowest BCUT2D eigenvalue weighted by molar-refractivity contribution is -0.144. The Morgan fingerprint density at radius 2 is 2.10 bits per heavy atom. The fourth-order valence-electron chi connectivity index (χ4n) is 1.26. The molecule has 1 aromatic rings. The number of hydrogen-bond acceptors (Lipinski definition) is 4. The smallest absolute Gasteiger partial charge is 0.436 e. The lowest BCUT2D eigenvalue weighted by Crippen LogP contribution is -2.32. The second-order valence-electron chi connectivity index (χ2n) is 4.10. The van der Waals surface area contributed by atoms with E-state index in [2.05, 4.69) is 5.10 Å². The third-order valence-electron chi connectivity index (χ3n) is 2.35. The molecule has 0 aliphatic rings.